The third kappa shape index (κ3) is 1.95. The predicted octanol–water partition coefficient (Wildman–Crippen LogP) is 5.53. The fourth-order valence-corrected chi connectivity index (χ4v) is 3.48. The van der Waals surface area contributed by atoms with E-state index in [1.54, 1.807) is 0 Å². The normalized spacial score (nSPS) is 13.7. The van der Waals surface area contributed by atoms with Crippen LogP contribution in [0.15, 0.2) is 78.9 Å². The molecule has 2 heteroatoms. The zero-order valence-electron chi connectivity index (χ0n) is 12.6. The van der Waals surface area contributed by atoms with Gasteiger partial charge in [-0.2, -0.15) is 0 Å². The minimum atomic E-state index is 0.0834. The van der Waals surface area contributed by atoms with E-state index in [2.05, 4.69) is 89.5 Å². The Morgan fingerprint density at radius 2 is 1.22 bits per heavy atom. The smallest absolute Gasteiger partial charge is 0.123 e. The number of nitrogens with one attached hydrogen (secondary N) is 2. The lowest BCUT2D eigenvalue weighted by Crippen LogP contribution is -2.23. The minimum Gasteiger partial charge on any atom is -0.361 e. The van der Waals surface area contributed by atoms with Crippen LogP contribution in [0.5, 0.6) is 0 Å². The lowest BCUT2D eigenvalue weighted by atomic mass is 10.0. The maximum Gasteiger partial charge on any atom is 0.123 e. The Bertz CT molecular complexity index is 995. The van der Waals surface area contributed by atoms with Gasteiger partial charge < -0.3 is 10.6 Å². The van der Waals surface area contributed by atoms with Gasteiger partial charge in [-0.1, -0.05) is 60.7 Å². The van der Waals surface area contributed by atoms with Gasteiger partial charge in [0.05, 0.1) is 0 Å². The second-order valence-corrected chi connectivity index (χ2v) is 6.04. The van der Waals surface area contributed by atoms with Crippen LogP contribution in [0.3, 0.4) is 0 Å². The molecule has 0 aromatic heterocycles. The van der Waals surface area contributed by atoms with Gasteiger partial charge in [-0.15, -0.1) is 0 Å². The van der Waals surface area contributed by atoms with Crippen molar-refractivity contribution in [3.8, 4) is 0 Å². The highest BCUT2D eigenvalue weighted by molar-refractivity contribution is 6.04. The van der Waals surface area contributed by atoms with E-state index in [0.29, 0.717) is 0 Å². The highest BCUT2D eigenvalue weighted by atomic mass is 15.1. The highest BCUT2D eigenvalue weighted by Gasteiger charge is 2.20. The van der Waals surface area contributed by atoms with E-state index in [0.717, 1.165) is 0 Å². The fourth-order valence-electron chi connectivity index (χ4n) is 3.48. The summed E-state index contributed by atoms with van der Waals surface area (Å²) in [5.41, 5.74) is 3.63. The number of rotatable bonds is 1. The Morgan fingerprint density at radius 3 is 1.96 bits per heavy atom. The van der Waals surface area contributed by atoms with Gasteiger partial charge in [0.2, 0.25) is 0 Å². The van der Waals surface area contributed by atoms with Crippen molar-refractivity contribution in [2.75, 3.05) is 10.6 Å². The number of hydrogen-bond acceptors (Lipinski definition) is 2. The average molecular weight is 296 g/mol. The number of anilines is 2. The second kappa shape index (κ2) is 4.75. The SMILES string of the molecule is c1ccc2cc(C3Nc4cccc5cccc(c45)N3)ccc2c1. The van der Waals surface area contributed by atoms with Crippen molar-refractivity contribution in [2.24, 2.45) is 0 Å². The Hall–Kier alpha value is -3.00. The van der Waals surface area contributed by atoms with Gasteiger partial charge in [0.1, 0.15) is 6.17 Å². The Labute approximate surface area is 134 Å². The first-order chi connectivity index (χ1) is 11.4. The molecule has 4 aromatic carbocycles. The maximum absolute atomic E-state index is 3.63. The molecule has 4 aromatic rings. The van der Waals surface area contributed by atoms with Gasteiger partial charge in [-0.25, -0.2) is 0 Å². The summed E-state index contributed by atoms with van der Waals surface area (Å²) >= 11 is 0. The molecule has 2 N–H and O–H groups in total. The van der Waals surface area contributed by atoms with E-state index in [1.807, 2.05) is 0 Å². The molecule has 0 amide bonds. The zero-order valence-corrected chi connectivity index (χ0v) is 12.6. The van der Waals surface area contributed by atoms with Crippen LogP contribution in [0.4, 0.5) is 11.4 Å². The van der Waals surface area contributed by atoms with Crippen LogP contribution in [-0.2, 0) is 0 Å². The van der Waals surface area contributed by atoms with Crippen molar-refractivity contribution in [3.63, 3.8) is 0 Å². The molecule has 0 radical (unpaired) electrons. The lowest BCUT2D eigenvalue weighted by molar-refractivity contribution is 0.899. The van der Waals surface area contributed by atoms with Crippen molar-refractivity contribution >= 4 is 32.9 Å². The van der Waals surface area contributed by atoms with Gasteiger partial charge >= 0.3 is 0 Å². The number of fused-ring (bicyclic) bond motifs is 1. The number of benzene rings is 4. The monoisotopic (exact) mass is 296 g/mol. The molecule has 0 fully saturated rings. The van der Waals surface area contributed by atoms with Crippen LogP contribution in [-0.4, -0.2) is 0 Å². The van der Waals surface area contributed by atoms with Gasteiger partial charge in [0.25, 0.3) is 0 Å². The molecule has 2 nitrogen and oxygen atoms in total. The summed E-state index contributed by atoms with van der Waals surface area (Å²) in [7, 11) is 0. The van der Waals surface area contributed by atoms with Crippen LogP contribution >= 0.6 is 0 Å². The van der Waals surface area contributed by atoms with Crippen molar-refractivity contribution in [3.05, 3.63) is 84.4 Å². The molecule has 0 unspecified atom stereocenters. The molecule has 110 valence electrons. The Kier molecular flexibility index (Phi) is 2.59. The van der Waals surface area contributed by atoms with Gasteiger partial charge in [0.15, 0.2) is 0 Å². The Morgan fingerprint density at radius 1 is 0.565 bits per heavy atom. The molecular formula is C21H16N2. The standard InChI is InChI=1S/C21H16N2/c1-2-6-16-13-17(12-11-14(16)5-1)21-22-18-9-3-7-15-8-4-10-19(23-21)20(15)18/h1-13,21-23H. The molecule has 0 saturated carbocycles. The largest absolute Gasteiger partial charge is 0.361 e. The molecule has 5 rings (SSSR count). The van der Waals surface area contributed by atoms with E-state index < -0.39 is 0 Å². The van der Waals surface area contributed by atoms with Crippen molar-refractivity contribution in [2.45, 2.75) is 6.17 Å². The summed E-state index contributed by atoms with van der Waals surface area (Å²) in [4.78, 5) is 0. The molecule has 0 saturated heterocycles. The first kappa shape index (κ1) is 12.5. The van der Waals surface area contributed by atoms with Crippen LogP contribution in [0.2, 0.25) is 0 Å². The molecule has 1 heterocycles. The summed E-state index contributed by atoms with van der Waals surface area (Å²) in [5, 5.41) is 12.3. The van der Waals surface area contributed by atoms with Crippen LogP contribution in [0.1, 0.15) is 11.7 Å². The third-order valence-corrected chi connectivity index (χ3v) is 4.61. The fraction of sp³-hybridized carbons (Fsp3) is 0.0476. The molecular weight excluding hydrogens is 280 g/mol. The first-order valence-corrected chi connectivity index (χ1v) is 7.92. The Balaban J connectivity index is 1.62. The van der Waals surface area contributed by atoms with Gasteiger partial charge in [0, 0.05) is 16.8 Å². The molecule has 1 aliphatic heterocycles. The predicted molar refractivity (Wildman–Crippen MR) is 97.9 cm³/mol. The van der Waals surface area contributed by atoms with E-state index >= 15 is 0 Å². The maximum atomic E-state index is 3.63. The second-order valence-electron chi connectivity index (χ2n) is 6.04. The van der Waals surface area contributed by atoms with E-state index in [-0.39, 0.29) is 6.17 Å². The van der Waals surface area contributed by atoms with Crippen LogP contribution in [0, 0.1) is 0 Å². The average Bonchev–Trinajstić information content (AvgIpc) is 2.62. The molecule has 0 aliphatic carbocycles. The van der Waals surface area contributed by atoms with E-state index in [9.17, 15) is 0 Å². The van der Waals surface area contributed by atoms with Crippen LogP contribution < -0.4 is 10.6 Å². The topological polar surface area (TPSA) is 24.1 Å². The summed E-state index contributed by atoms with van der Waals surface area (Å²) in [6.07, 6.45) is 0.0834. The van der Waals surface area contributed by atoms with Gasteiger partial charge in [-0.05, 0) is 39.9 Å². The number of hydrogen-bond donors (Lipinski definition) is 2. The molecule has 0 bridgehead atoms. The van der Waals surface area contributed by atoms with E-state index in [1.165, 1.54) is 38.5 Å². The summed E-state index contributed by atoms with van der Waals surface area (Å²) in [6.45, 7) is 0. The third-order valence-electron chi connectivity index (χ3n) is 4.61. The zero-order chi connectivity index (χ0) is 15.2. The van der Waals surface area contributed by atoms with Crippen molar-refractivity contribution < 1.29 is 0 Å². The van der Waals surface area contributed by atoms with Crippen molar-refractivity contribution in [1.82, 2.24) is 0 Å². The molecule has 0 atom stereocenters. The van der Waals surface area contributed by atoms with E-state index in [4.69, 9.17) is 0 Å². The molecule has 23 heavy (non-hydrogen) atoms. The molecule has 1 aliphatic rings. The first-order valence-electron chi connectivity index (χ1n) is 7.92. The quantitative estimate of drug-likeness (QED) is 0.482. The van der Waals surface area contributed by atoms with Crippen LogP contribution in [0.25, 0.3) is 21.5 Å². The highest BCUT2D eigenvalue weighted by Crippen LogP contribution is 2.38. The molecule has 0 spiro atoms. The summed E-state index contributed by atoms with van der Waals surface area (Å²) in [6, 6.07) is 28.0. The van der Waals surface area contributed by atoms with Gasteiger partial charge in [-0.3, -0.25) is 0 Å². The summed E-state index contributed by atoms with van der Waals surface area (Å²) in [5.74, 6) is 0. The minimum absolute atomic E-state index is 0.0834. The van der Waals surface area contributed by atoms with Crippen molar-refractivity contribution in [1.29, 1.82) is 0 Å². The lowest BCUT2D eigenvalue weighted by Gasteiger charge is -2.30. The summed E-state index contributed by atoms with van der Waals surface area (Å²) < 4.78 is 0.